The lowest BCUT2D eigenvalue weighted by molar-refractivity contribution is -0.125. The molecular weight excluding hydrogens is 214 g/mol. The molecule has 4 heteroatoms. The van der Waals surface area contributed by atoms with Crippen molar-refractivity contribution >= 4 is 5.91 Å². The molecule has 0 aromatic heterocycles. The maximum absolute atomic E-state index is 11.4. The minimum atomic E-state index is -0.783. The number of nitrogens with two attached hydrogens (primary N) is 2. The zero-order valence-corrected chi connectivity index (χ0v) is 11.4. The van der Waals surface area contributed by atoms with Gasteiger partial charge in [0.05, 0.1) is 5.54 Å². The van der Waals surface area contributed by atoms with Crippen molar-refractivity contribution in [1.29, 1.82) is 0 Å². The monoisotopic (exact) mass is 241 g/mol. The Kier molecular flexibility index (Phi) is 4.95. The third-order valence-corrected chi connectivity index (χ3v) is 3.93. The zero-order chi connectivity index (χ0) is 13.1. The first-order valence-electron chi connectivity index (χ1n) is 6.64. The van der Waals surface area contributed by atoms with Gasteiger partial charge in [0.15, 0.2) is 0 Å². The summed E-state index contributed by atoms with van der Waals surface area (Å²) < 4.78 is 0. The summed E-state index contributed by atoms with van der Waals surface area (Å²) in [7, 11) is 2.12. The van der Waals surface area contributed by atoms with Crippen LogP contribution in [0.15, 0.2) is 0 Å². The maximum atomic E-state index is 11.4. The normalized spacial score (nSPS) is 29.9. The Morgan fingerprint density at radius 2 is 2.18 bits per heavy atom. The van der Waals surface area contributed by atoms with Crippen LogP contribution < -0.4 is 11.5 Å². The number of carbonyl (C=O) groups is 1. The molecule has 1 rings (SSSR count). The van der Waals surface area contributed by atoms with Gasteiger partial charge in [-0.05, 0) is 51.6 Å². The molecule has 0 heterocycles. The number of hydrogen-bond donors (Lipinski definition) is 2. The van der Waals surface area contributed by atoms with Crippen molar-refractivity contribution in [1.82, 2.24) is 4.90 Å². The van der Waals surface area contributed by atoms with Gasteiger partial charge in [0, 0.05) is 6.04 Å². The fourth-order valence-corrected chi connectivity index (χ4v) is 2.52. The number of carbonyl (C=O) groups excluding carboxylic acids is 1. The topological polar surface area (TPSA) is 72.3 Å². The van der Waals surface area contributed by atoms with Crippen LogP contribution in [-0.2, 0) is 4.79 Å². The Morgan fingerprint density at radius 3 is 2.71 bits per heavy atom. The predicted octanol–water partition coefficient (Wildman–Crippen LogP) is 1.09. The molecule has 0 aromatic rings. The van der Waals surface area contributed by atoms with E-state index in [-0.39, 0.29) is 5.91 Å². The van der Waals surface area contributed by atoms with Gasteiger partial charge in [0.2, 0.25) is 5.91 Å². The molecule has 1 saturated carbocycles. The van der Waals surface area contributed by atoms with Crippen molar-refractivity contribution in [3.8, 4) is 0 Å². The van der Waals surface area contributed by atoms with E-state index in [1.54, 1.807) is 0 Å². The van der Waals surface area contributed by atoms with Gasteiger partial charge in [-0.3, -0.25) is 4.79 Å². The average Bonchev–Trinajstić information content (AvgIpc) is 2.25. The Bertz CT molecular complexity index is 267. The lowest BCUT2D eigenvalue weighted by Gasteiger charge is -2.39. The van der Waals surface area contributed by atoms with Gasteiger partial charge in [0.25, 0.3) is 0 Å². The summed E-state index contributed by atoms with van der Waals surface area (Å²) in [4.78, 5) is 13.7. The second-order valence-electron chi connectivity index (χ2n) is 5.93. The quantitative estimate of drug-likeness (QED) is 0.757. The molecule has 0 saturated heterocycles. The highest BCUT2D eigenvalue weighted by Gasteiger charge is 2.38. The summed E-state index contributed by atoms with van der Waals surface area (Å²) in [5, 5.41) is 0. The molecule has 2 atom stereocenters. The highest BCUT2D eigenvalue weighted by atomic mass is 16.1. The second-order valence-corrected chi connectivity index (χ2v) is 5.93. The summed E-state index contributed by atoms with van der Waals surface area (Å²) in [5.41, 5.74) is 10.7. The number of hydrogen-bond acceptors (Lipinski definition) is 3. The van der Waals surface area contributed by atoms with Crippen LogP contribution in [0.1, 0.15) is 46.0 Å². The SMILES string of the molecule is CC(C)CCN(C)C1CCCC(N)(C(N)=O)C1. The van der Waals surface area contributed by atoms with Crippen molar-refractivity contribution in [2.75, 3.05) is 13.6 Å². The smallest absolute Gasteiger partial charge is 0.237 e. The largest absolute Gasteiger partial charge is 0.368 e. The molecule has 1 aliphatic rings. The van der Waals surface area contributed by atoms with Gasteiger partial charge in [-0.15, -0.1) is 0 Å². The van der Waals surface area contributed by atoms with Crippen molar-refractivity contribution in [3.05, 3.63) is 0 Å². The first-order valence-corrected chi connectivity index (χ1v) is 6.64. The minimum absolute atomic E-state index is 0.348. The van der Waals surface area contributed by atoms with E-state index in [0.717, 1.165) is 25.8 Å². The number of primary amides is 1. The molecule has 4 nitrogen and oxygen atoms in total. The Morgan fingerprint density at radius 1 is 1.53 bits per heavy atom. The summed E-state index contributed by atoms with van der Waals surface area (Å²) >= 11 is 0. The minimum Gasteiger partial charge on any atom is -0.368 e. The summed E-state index contributed by atoms with van der Waals surface area (Å²) in [6.45, 7) is 5.52. The Balaban J connectivity index is 2.51. The highest BCUT2D eigenvalue weighted by molar-refractivity contribution is 5.84. The number of nitrogens with zero attached hydrogens (tertiary/aromatic N) is 1. The molecule has 4 N–H and O–H groups in total. The molecule has 2 unspecified atom stereocenters. The van der Waals surface area contributed by atoms with Gasteiger partial charge in [-0.1, -0.05) is 13.8 Å². The average molecular weight is 241 g/mol. The molecule has 1 aliphatic carbocycles. The predicted molar refractivity (Wildman–Crippen MR) is 70.5 cm³/mol. The third kappa shape index (κ3) is 3.96. The second kappa shape index (κ2) is 5.83. The standard InChI is InChI=1S/C13H27N3O/c1-10(2)6-8-16(3)11-5-4-7-13(15,9-11)12(14)17/h10-11H,4-9,15H2,1-3H3,(H2,14,17). The van der Waals surface area contributed by atoms with E-state index in [1.165, 1.54) is 6.42 Å². The van der Waals surface area contributed by atoms with Gasteiger partial charge >= 0.3 is 0 Å². The fraction of sp³-hybridized carbons (Fsp3) is 0.923. The molecule has 1 amide bonds. The molecule has 17 heavy (non-hydrogen) atoms. The molecule has 100 valence electrons. The number of amides is 1. The first-order chi connectivity index (χ1) is 7.85. The lowest BCUT2D eigenvalue weighted by atomic mass is 9.78. The highest BCUT2D eigenvalue weighted by Crippen LogP contribution is 2.29. The van der Waals surface area contributed by atoms with Crippen LogP contribution in [0.3, 0.4) is 0 Å². The fourth-order valence-electron chi connectivity index (χ4n) is 2.52. The van der Waals surface area contributed by atoms with Crippen LogP contribution in [0.25, 0.3) is 0 Å². The molecule has 0 radical (unpaired) electrons. The van der Waals surface area contributed by atoms with Crippen molar-refractivity contribution in [3.63, 3.8) is 0 Å². The van der Waals surface area contributed by atoms with Crippen LogP contribution in [0, 0.1) is 5.92 Å². The molecule has 0 spiro atoms. The van der Waals surface area contributed by atoms with E-state index < -0.39 is 5.54 Å². The molecule has 0 bridgehead atoms. The lowest BCUT2D eigenvalue weighted by Crippen LogP contribution is -2.57. The van der Waals surface area contributed by atoms with E-state index in [1.807, 2.05) is 0 Å². The van der Waals surface area contributed by atoms with E-state index in [4.69, 9.17) is 11.5 Å². The summed E-state index contributed by atoms with van der Waals surface area (Å²) in [6.07, 6.45) is 4.74. The van der Waals surface area contributed by atoms with Crippen LogP contribution in [-0.4, -0.2) is 36.0 Å². The van der Waals surface area contributed by atoms with Crippen LogP contribution >= 0.6 is 0 Å². The van der Waals surface area contributed by atoms with Crippen LogP contribution in [0.4, 0.5) is 0 Å². The molecule has 0 aliphatic heterocycles. The molecular formula is C13H27N3O. The Labute approximate surface area is 105 Å². The maximum Gasteiger partial charge on any atom is 0.237 e. The summed E-state index contributed by atoms with van der Waals surface area (Å²) in [6, 6.07) is 0.403. The van der Waals surface area contributed by atoms with Crippen molar-refractivity contribution < 1.29 is 4.79 Å². The first kappa shape index (κ1) is 14.5. The Hall–Kier alpha value is -0.610. The van der Waals surface area contributed by atoms with E-state index >= 15 is 0 Å². The van der Waals surface area contributed by atoms with Gasteiger partial charge in [0.1, 0.15) is 0 Å². The van der Waals surface area contributed by atoms with Crippen LogP contribution in [0.2, 0.25) is 0 Å². The van der Waals surface area contributed by atoms with Crippen LogP contribution in [0.5, 0.6) is 0 Å². The van der Waals surface area contributed by atoms with E-state index in [2.05, 4.69) is 25.8 Å². The van der Waals surface area contributed by atoms with Crippen molar-refractivity contribution in [2.45, 2.75) is 57.5 Å². The third-order valence-electron chi connectivity index (χ3n) is 3.93. The zero-order valence-electron chi connectivity index (χ0n) is 11.4. The van der Waals surface area contributed by atoms with Crippen molar-refractivity contribution in [2.24, 2.45) is 17.4 Å². The van der Waals surface area contributed by atoms with E-state index in [9.17, 15) is 4.79 Å². The molecule has 1 fully saturated rings. The van der Waals surface area contributed by atoms with E-state index in [0.29, 0.717) is 18.4 Å². The van der Waals surface area contributed by atoms with Gasteiger partial charge in [-0.2, -0.15) is 0 Å². The number of rotatable bonds is 5. The van der Waals surface area contributed by atoms with Gasteiger partial charge < -0.3 is 16.4 Å². The van der Waals surface area contributed by atoms with Gasteiger partial charge in [-0.25, -0.2) is 0 Å². The summed E-state index contributed by atoms with van der Waals surface area (Å²) in [5.74, 6) is 0.360. The molecule has 0 aromatic carbocycles.